The largest absolute Gasteiger partial charge is 0.466 e. The monoisotopic (exact) mass is 1230 g/mol. The fourth-order valence-electron chi connectivity index (χ4n) is 12.5. The molecule has 0 spiro atoms. The van der Waals surface area contributed by atoms with Crippen molar-refractivity contribution < 1.29 is 24.5 Å². The summed E-state index contributed by atoms with van der Waals surface area (Å²) in [6, 6.07) is -0.629. The van der Waals surface area contributed by atoms with E-state index in [1.165, 1.54) is 360 Å². The molecule has 0 saturated heterocycles. The van der Waals surface area contributed by atoms with Gasteiger partial charge in [-0.05, 0) is 89.9 Å². The van der Waals surface area contributed by atoms with E-state index in [0.717, 1.165) is 51.4 Å². The second-order valence-electron chi connectivity index (χ2n) is 27.4. The number of ether oxygens (including phenoxy) is 1. The van der Waals surface area contributed by atoms with Crippen molar-refractivity contribution in [3.05, 3.63) is 48.6 Å². The van der Waals surface area contributed by atoms with Crippen molar-refractivity contribution in [2.45, 2.75) is 450 Å². The zero-order valence-electron chi connectivity index (χ0n) is 59.5. The molecule has 0 aliphatic rings. The average Bonchev–Trinajstić information content (AvgIpc) is 3.58. The van der Waals surface area contributed by atoms with Gasteiger partial charge in [-0.3, -0.25) is 9.59 Å². The summed E-state index contributed by atoms with van der Waals surface area (Å²) in [5.41, 5.74) is 0. The van der Waals surface area contributed by atoms with E-state index < -0.39 is 12.1 Å². The number of allylic oxidation sites excluding steroid dienone is 7. The van der Waals surface area contributed by atoms with Crippen LogP contribution in [0.4, 0.5) is 0 Å². The Bertz CT molecular complexity index is 1470. The zero-order valence-corrected chi connectivity index (χ0v) is 59.5. The van der Waals surface area contributed by atoms with Crippen LogP contribution < -0.4 is 5.32 Å². The zero-order chi connectivity index (χ0) is 63.5. The molecule has 0 heterocycles. The molecule has 0 rings (SSSR count). The molecule has 1 amide bonds. The fraction of sp³-hybridized carbons (Fsp3) is 0.878. The number of esters is 1. The number of carbonyl (C=O) groups is 2. The summed E-state index contributed by atoms with van der Waals surface area (Å²) >= 11 is 0. The molecule has 6 nitrogen and oxygen atoms in total. The Morgan fingerprint density at radius 2 is 0.568 bits per heavy atom. The van der Waals surface area contributed by atoms with Crippen LogP contribution >= 0.6 is 0 Å². The molecule has 518 valence electrons. The van der Waals surface area contributed by atoms with Crippen LogP contribution in [0.25, 0.3) is 0 Å². The first-order valence-electron chi connectivity index (χ1n) is 39.9. The lowest BCUT2D eigenvalue weighted by atomic mass is 10.0. The predicted molar refractivity (Wildman–Crippen MR) is 389 cm³/mol. The molecule has 2 atom stereocenters. The normalized spacial score (nSPS) is 12.7. The van der Waals surface area contributed by atoms with Gasteiger partial charge in [0.05, 0.1) is 25.4 Å². The summed E-state index contributed by atoms with van der Waals surface area (Å²) in [7, 11) is 0. The number of aliphatic hydroxyl groups excluding tert-OH is 2. The number of aliphatic hydroxyl groups is 2. The SMILES string of the molecule is CCCCCCCCC/C=C\CCCCCCCCCC(=O)OCCCCCCCCCCC/C=C\C/C=C\CCCCCCCCCCCCCCCCCC(=O)NC(CO)C(O)/C=C/CCCCCCCCCCCCCCCCCCCCCC. The minimum Gasteiger partial charge on any atom is -0.466 e. The van der Waals surface area contributed by atoms with Crippen LogP contribution in [0.1, 0.15) is 438 Å². The molecule has 0 aromatic heterocycles. The van der Waals surface area contributed by atoms with Gasteiger partial charge in [0.1, 0.15) is 0 Å². The third-order valence-electron chi connectivity index (χ3n) is 18.6. The molecule has 0 radical (unpaired) electrons. The molecule has 0 aliphatic heterocycles. The first-order valence-corrected chi connectivity index (χ1v) is 39.9. The Balaban J connectivity index is 3.41. The number of rotatable bonds is 75. The van der Waals surface area contributed by atoms with Gasteiger partial charge < -0.3 is 20.3 Å². The van der Waals surface area contributed by atoms with E-state index in [4.69, 9.17) is 4.74 Å². The van der Waals surface area contributed by atoms with Crippen LogP contribution in [0, 0.1) is 0 Å². The Hall–Kier alpha value is -2.18. The third kappa shape index (κ3) is 72.9. The molecule has 0 bridgehead atoms. The van der Waals surface area contributed by atoms with E-state index in [-0.39, 0.29) is 18.5 Å². The fourth-order valence-corrected chi connectivity index (χ4v) is 12.5. The number of nitrogens with one attached hydrogen (secondary N) is 1. The van der Waals surface area contributed by atoms with Crippen LogP contribution in [-0.4, -0.2) is 47.4 Å². The first-order chi connectivity index (χ1) is 43.5. The molecule has 0 saturated carbocycles. The van der Waals surface area contributed by atoms with Crippen molar-refractivity contribution in [3.8, 4) is 0 Å². The van der Waals surface area contributed by atoms with Gasteiger partial charge in [0, 0.05) is 12.8 Å². The summed E-state index contributed by atoms with van der Waals surface area (Å²) in [5.74, 6) is -0.0526. The van der Waals surface area contributed by atoms with E-state index in [0.29, 0.717) is 19.4 Å². The highest BCUT2D eigenvalue weighted by molar-refractivity contribution is 5.76. The molecule has 6 heteroatoms. The Morgan fingerprint density at radius 3 is 0.875 bits per heavy atom. The van der Waals surface area contributed by atoms with Gasteiger partial charge >= 0.3 is 5.97 Å². The molecular formula is C82H155NO5. The molecule has 0 aromatic rings. The van der Waals surface area contributed by atoms with Gasteiger partial charge in [0.15, 0.2) is 0 Å². The quantitative estimate of drug-likeness (QED) is 0.0320. The highest BCUT2D eigenvalue weighted by Crippen LogP contribution is 2.19. The topological polar surface area (TPSA) is 95.9 Å². The van der Waals surface area contributed by atoms with E-state index >= 15 is 0 Å². The molecular weight excluding hydrogens is 1080 g/mol. The van der Waals surface area contributed by atoms with Crippen LogP contribution in [0.3, 0.4) is 0 Å². The van der Waals surface area contributed by atoms with E-state index in [1.54, 1.807) is 6.08 Å². The molecule has 88 heavy (non-hydrogen) atoms. The summed E-state index contributed by atoms with van der Waals surface area (Å²) in [6.45, 7) is 4.94. The van der Waals surface area contributed by atoms with Crippen LogP contribution in [-0.2, 0) is 14.3 Å². The highest BCUT2D eigenvalue weighted by Gasteiger charge is 2.18. The first kappa shape index (κ1) is 85.8. The number of amides is 1. The Morgan fingerprint density at radius 1 is 0.318 bits per heavy atom. The lowest BCUT2D eigenvalue weighted by Gasteiger charge is -2.20. The minimum absolute atomic E-state index is 0.0106. The average molecular weight is 1240 g/mol. The van der Waals surface area contributed by atoms with Crippen molar-refractivity contribution in [3.63, 3.8) is 0 Å². The number of unbranched alkanes of at least 4 members (excludes halogenated alkanes) is 58. The standard InChI is InChI=1S/C82H155NO5/c1-3-5-7-9-11-13-15-17-19-21-23-24-36-39-42-46-50-54-58-62-66-70-74-80(85)79(78-84)83-81(86)75-71-67-63-59-55-51-47-43-40-37-34-32-30-28-26-25-27-29-31-33-35-38-41-45-49-53-57-61-65-69-73-77-88-82(87)76-72-68-64-60-56-52-48-44-22-20-18-16-14-12-10-8-6-4-2/h20,22,27,29,33,35,70,74,79-80,84-85H,3-19,21,23-26,28,30-32,34,36-69,71-73,75-78H2,1-2H3,(H,83,86)/b22-20-,29-27-,35-33-,74-70+. The van der Waals surface area contributed by atoms with Crippen molar-refractivity contribution >= 4 is 11.9 Å². The lowest BCUT2D eigenvalue weighted by molar-refractivity contribution is -0.143. The molecule has 0 fully saturated rings. The molecule has 2 unspecified atom stereocenters. The van der Waals surface area contributed by atoms with Gasteiger partial charge in [-0.15, -0.1) is 0 Å². The second kappa shape index (κ2) is 77.3. The summed E-state index contributed by atoms with van der Waals surface area (Å²) in [6.07, 6.45) is 102. The van der Waals surface area contributed by atoms with Crippen molar-refractivity contribution in [1.29, 1.82) is 0 Å². The maximum Gasteiger partial charge on any atom is 0.305 e. The molecule has 0 aromatic carbocycles. The number of hydrogen-bond acceptors (Lipinski definition) is 5. The van der Waals surface area contributed by atoms with Crippen molar-refractivity contribution in [2.75, 3.05) is 13.2 Å². The van der Waals surface area contributed by atoms with Gasteiger partial charge in [0.2, 0.25) is 5.91 Å². The second-order valence-corrected chi connectivity index (χ2v) is 27.4. The van der Waals surface area contributed by atoms with Crippen LogP contribution in [0.5, 0.6) is 0 Å². The maximum atomic E-state index is 12.5. The van der Waals surface area contributed by atoms with Gasteiger partial charge in [-0.1, -0.05) is 383 Å². The summed E-state index contributed by atoms with van der Waals surface area (Å²) in [5, 5.41) is 23.3. The predicted octanol–water partition coefficient (Wildman–Crippen LogP) is 26.4. The molecule has 3 N–H and O–H groups in total. The number of carbonyl (C=O) groups excluding carboxylic acids is 2. The van der Waals surface area contributed by atoms with Gasteiger partial charge in [0.25, 0.3) is 0 Å². The van der Waals surface area contributed by atoms with Crippen LogP contribution in [0.15, 0.2) is 48.6 Å². The summed E-state index contributed by atoms with van der Waals surface area (Å²) < 4.78 is 5.51. The maximum absolute atomic E-state index is 12.5. The number of hydrogen-bond donors (Lipinski definition) is 3. The molecule has 0 aliphatic carbocycles. The summed E-state index contributed by atoms with van der Waals surface area (Å²) in [4.78, 5) is 24.7. The smallest absolute Gasteiger partial charge is 0.305 e. The highest BCUT2D eigenvalue weighted by atomic mass is 16.5. The third-order valence-corrected chi connectivity index (χ3v) is 18.6. The van der Waals surface area contributed by atoms with Gasteiger partial charge in [-0.2, -0.15) is 0 Å². The van der Waals surface area contributed by atoms with E-state index in [2.05, 4.69) is 55.6 Å². The van der Waals surface area contributed by atoms with Crippen molar-refractivity contribution in [1.82, 2.24) is 5.32 Å². The van der Waals surface area contributed by atoms with Gasteiger partial charge in [-0.25, -0.2) is 0 Å². The van der Waals surface area contributed by atoms with Crippen molar-refractivity contribution in [2.24, 2.45) is 0 Å². The van der Waals surface area contributed by atoms with Crippen LogP contribution in [0.2, 0.25) is 0 Å². The van der Waals surface area contributed by atoms with E-state index in [9.17, 15) is 19.8 Å². The van der Waals surface area contributed by atoms with E-state index in [1.807, 2.05) is 6.08 Å². The minimum atomic E-state index is -0.846. The lowest BCUT2D eigenvalue weighted by Crippen LogP contribution is -2.45. The Kier molecular flexibility index (Phi) is 75.4. The Labute approximate surface area is 550 Å².